The van der Waals surface area contributed by atoms with E-state index >= 15 is 0 Å². The molecule has 96 valence electrons. The zero-order valence-corrected chi connectivity index (χ0v) is 10.4. The van der Waals surface area contributed by atoms with Crippen molar-refractivity contribution in [1.82, 2.24) is 5.32 Å². The molecular formula is C12H25NO3. The largest absolute Gasteiger partial charge is 0.382 e. The van der Waals surface area contributed by atoms with Crippen molar-refractivity contribution in [2.45, 2.75) is 31.8 Å². The van der Waals surface area contributed by atoms with Gasteiger partial charge in [0.2, 0.25) is 0 Å². The zero-order chi connectivity index (χ0) is 11.5. The summed E-state index contributed by atoms with van der Waals surface area (Å²) in [5.41, 5.74) is 0. The Morgan fingerprint density at radius 2 is 2.19 bits per heavy atom. The van der Waals surface area contributed by atoms with Crippen LogP contribution < -0.4 is 5.32 Å². The van der Waals surface area contributed by atoms with Gasteiger partial charge in [0, 0.05) is 20.3 Å². The smallest absolute Gasteiger partial charge is 0.0700 e. The van der Waals surface area contributed by atoms with Crippen molar-refractivity contribution in [3.8, 4) is 0 Å². The quantitative estimate of drug-likeness (QED) is 0.573. The van der Waals surface area contributed by atoms with Crippen LogP contribution in [-0.2, 0) is 14.2 Å². The van der Waals surface area contributed by atoms with Gasteiger partial charge in [0.15, 0.2) is 0 Å². The molecule has 1 aliphatic rings. The lowest BCUT2D eigenvalue weighted by atomic mass is 10.2. The van der Waals surface area contributed by atoms with Crippen molar-refractivity contribution < 1.29 is 14.2 Å². The number of ether oxygens (including phenoxy) is 3. The molecule has 1 fully saturated rings. The molecule has 1 aliphatic heterocycles. The number of hydrogen-bond donors (Lipinski definition) is 1. The minimum atomic E-state index is 0.505. The molecule has 0 saturated carbocycles. The van der Waals surface area contributed by atoms with E-state index in [-0.39, 0.29) is 0 Å². The fourth-order valence-electron chi connectivity index (χ4n) is 1.80. The Hall–Kier alpha value is -0.160. The van der Waals surface area contributed by atoms with Crippen molar-refractivity contribution in [2.75, 3.05) is 46.6 Å². The third-order valence-electron chi connectivity index (χ3n) is 2.74. The van der Waals surface area contributed by atoms with Crippen LogP contribution in [0.3, 0.4) is 0 Å². The first kappa shape index (κ1) is 13.9. The van der Waals surface area contributed by atoms with Crippen molar-refractivity contribution in [3.05, 3.63) is 0 Å². The van der Waals surface area contributed by atoms with E-state index in [1.54, 1.807) is 7.11 Å². The third-order valence-corrected chi connectivity index (χ3v) is 2.74. The zero-order valence-electron chi connectivity index (χ0n) is 10.4. The van der Waals surface area contributed by atoms with Gasteiger partial charge in [0.1, 0.15) is 0 Å². The highest BCUT2D eigenvalue weighted by molar-refractivity contribution is 4.65. The van der Waals surface area contributed by atoms with E-state index in [1.807, 2.05) is 0 Å². The van der Waals surface area contributed by atoms with Crippen LogP contribution in [-0.4, -0.2) is 52.7 Å². The number of methoxy groups -OCH3 is 1. The van der Waals surface area contributed by atoms with Crippen molar-refractivity contribution in [3.63, 3.8) is 0 Å². The first-order valence-electron chi connectivity index (χ1n) is 6.32. The summed E-state index contributed by atoms with van der Waals surface area (Å²) in [6, 6.07) is 0. The molecule has 1 N–H and O–H groups in total. The van der Waals surface area contributed by atoms with Gasteiger partial charge in [-0.1, -0.05) is 0 Å². The Morgan fingerprint density at radius 1 is 1.25 bits per heavy atom. The molecule has 0 aromatic rings. The first-order valence-corrected chi connectivity index (χ1v) is 6.32. The van der Waals surface area contributed by atoms with E-state index in [4.69, 9.17) is 14.2 Å². The molecule has 1 atom stereocenters. The maximum atomic E-state index is 5.55. The van der Waals surface area contributed by atoms with Gasteiger partial charge in [-0.15, -0.1) is 0 Å². The molecule has 0 amide bonds. The lowest BCUT2D eigenvalue weighted by Crippen LogP contribution is -2.22. The summed E-state index contributed by atoms with van der Waals surface area (Å²) in [6.45, 7) is 5.25. The van der Waals surface area contributed by atoms with Crippen LogP contribution in [0.2, 0.25) is 0 Å². The highest BCUT2D eigenvalue weighted by Crippen LogP contribution is 2.14. The highest BCUT2D eigenvalue weighted by Gasteiger charge is 2.13. The minimum absolute atomic E-state index is 0.505. The molecule has 0 aromatic carbocycles. The second kappa shape index (κ2) is 10.0. The SMILES string of the molecule is COCCOCCCNCCC1CCCO1. The Bertz CT molecular complexity index is 149. The number of hydrogen-bond acceptors (Lipinski definition) is 4. The molecule has 0 radical (unpaired) electrons. The maximum Gasteiger partial charge on any atom is 0.0700 e. The van der Waals surface area contributed by atoms with Gasteiger partial charge < -0.3 is 19.5 Å². The van der Waals surface area contributed by atoms with Crippen molar-refractivity contribution in [2.24, 2.45) is 0 Å². The average Bonchev–Trinajstić information content (AvgIpc) is 2.80. The first-order chi connectivity index (χ1) is 7.93. The molecule has 0 spiro atoms. The second-order valence-electron chi connectivity index (χ2n) is 4.13. The summed E-state index contributed by atoms with van der Waals surface area (Å²) in [6.07, 6.45) is 5.19. The molecule has 1 unspecified atom stereocenters. The average molecular weight is 231 g/mol. The number of nitrogens with one attached hydrogen (secondary N) is 1. The lowest BCUT2D eigenvalue weighted by Gasteiger charge is -2.10. The predicted octanol–water partition coefficient (Wildman–Crippen LogP) is 1.20. The van der Waals surface area contributed by atoms with Crippen LogP contribution in [0.4, 0.5) is 0 Å². The van der Waals surface area contributed by atoms with Gasteiger partial charge in [-0.3, -0.25) is 0 Å². The minimum Gasteiger partial charge on any atom is -0.382 e. The summed E-state index contributed by atoms with van der Waals surface area (Å²) >= 11 is 0. The van der Waals surface area contributed by atoms with Gasteiger partial charge in [-0.25, -0.2) is 0 Å². The van der Waals surface area contributed by atoms with E-state index < -0.39 is 0 Å². The summed E-state index contributed by atoms with van der Waals surface area (Å²) in [4.78, 5) is 0. The summed E-state index contributed by atoms with van der Waals surface area (Å²) in [7, 11) is 1.69. The van der Waals surface area contributed by atoms with Crippen LogP contribution in [0.15, 0.2) is 0 Å². The van der Waals surface area contributed by atoms with Crippen LogP contribution in [0.25, 0.3) is 0 Å². The normalized spacial score (nSPS) is 20.4. The van der Waals surface area contributed by atoms with E-state index in [1.165, 1.54) is 12.8 Å². The molecular weight excluding hydrogens is 206 g/mol. The predicted molar refractivity (Wildman–Crippen MR) is 63.8 cm³/mol. The van der Waals surface area contributed by atoms with Crippen LogP contribution in [0.1, 0.15) is 25.7 Å². The number of rotatable bonds is 10. The molecule has 16 heavy (non-hydrogen) atoms. The van der Waals surface area contributed by atoms with Crippen LogP contribution in [0, 0.1) is 0 Å². The monoisotopic (exact) mass is 231 g/mol. The van der Waals surface area contributed by atoms with Crippen molar-refractivity contribution in [1.29, 1.82) is 0 Å². The fourth-order valence-corrected chi connectivity index (χ4v) is 1.80. The summed E-state index contributed by atoms with van der Waals surface area (Å²) in [5, 5.41) is 3.41. The van der Waals surface area contributed by atoms with Gasteiger partial charge in [-0.05, 0) is 38.8 Å². The van der Waals surface area contributed by atoms with Gasteiger partial charge >= 0.3 is 0 Å². The Labute approximate surface area is 98.6 Å². The molecule has 4 heteroatoms. The van der Waals surface area contributed by atoms with Gasteiger partial charge in [0.25, 0.3) is 0 Å². The molecule has 0 bridgehead atoms. The van der Waals surface area contributed by atoms with E-state index in [0.717, 1.165) is 39.1 Å². The standard InChI is InChI=1S/C12H25NO3/c1-14-10-11-15-8-3-6-13-7-5-12-4-2-9-16-12/h12-13H,2-11H2,1H3. The Morgan fingerprint density at radius 3 is 2.94 bits per heavy atom. The van der Waals surface area contributed by atoms with E-state index in [0.29, 0.717) is 19.3 Å². The van der Waals surface area contributed by atoms with Crippen molar-refractivity contribution >= 4 is 0 Å². The second-order valence-corrected chi connectivity index (χ2v) is 4.13. The highest BCUT2D eigenvalue weighted by atomic mass is 16.5. The van der Waals surface area contributed by atoms with Gasteiger partial charge in [-0.2, -0.15) is 0 Å². The molecule has 1 saturated heterocycles. The third kappa shape index (κ3) is 7.17. The van der Waals surface area contributed by atoms with Gasteiger partial charge in [0.05, 0.1) is 19.3 Å². The molecule has 0 aliphatic carbocycles. The molecule has 1 rings (SSSR count). The topological polar surface area (TPSA) is 39.7 Å². The van der Waals surface area contributed by atoms with Crippen LogP contribution >= 0.6 is 0 Å². The molecule has 1 heterocycles. The summed E-state index contributed by atoms with van der Waals surface area (Å²) < 4.78 is 15.8. The van der Waals surface area contributed by atoms with E-state index in [9.17, 15) is 0 Å². The molecule has 4 nitrogen and oxygen atoms in total. The lowest BCUT2D eigenvalue weighted by molar-refractivity contribution is 0.0692. The maximum absolute atomic E-state index is 5.55. The Kier molecular flexibility index (Phi) is 8.71. The fraction of sp³-hybridized carbons (Fsp3) is 1.00. The van der Waals surface area contributed by atoms with E-state index in [2.05, 4.69) is 5.32 Å². The van der Waals surface area contributed by atoms with Crippen LogP contribution in [0.5, 0.6) is 0 Å². The molecule has 0 aromatic heterocycles. The Balaban J connectivity index is 1.71. The summed E-state index contributed by atoms with van der Waals surface area (Å²) in [5.74, 6) is 0.